The van der Waals surface area contributed by atoms with Crippen molar-refractivity contribution in [2.75, 3.05) is 13.1 Å². The van der Waals surface area contributed by atoms with Gasteiger partial charge >= 0.3 is 5.97 Å². The molecule has 0 aliphatic carbocycles. The van der Waals surface area contributed by atoms with Gasteiger partial charge < -0.3 is 15.7 Å². The number of carbonyl (C=O) groups excluding carboxylic acids is 1. The van der Waals surface area contributed by atoms with E-state index in [0.717, 1.165) is 4.90 Å². The molecule has 3 N–H and O–H groups in total. The molecule has 0 radical (unpaired) electrons. The zero-order valence-corrected chi connectivity index (χ0v) is 8.17. The van der Waals surface area contributed by atoms with Crippen LogP contribution < -0.4 is 5.73 Å². The van der Waals surface area contributed by atoms with Crippen molar-refractivity contribution in [2.45, 2.75) is 24.8 Å². The lowest BCUT2D eigenvalue weighted by Crippen LogP contribution is -2.60. The van der Waals surface area contributed by atoms with Crippen molar-refractivity contribution < 1.29 is 23.5 Å². The van der Waals surface area contributed by atoms with Crippen LogP contribution in [0.4, 0.5) is 8.78 Å². The molecular formula is C8H12F2N2O3. The van der Waals surface area contributed by atoms with Crippen LogP contribution in [0.2, 0.25) is 0 Å². The third-order valence-corrected chi connectivity index (χ3v) is 2.20. The number of likely N-dealkylation sites (tertiary alicyclic amines) is 1. The molecule has 0 aromatic carbocycles. The third-order valence-electron chi connectivity index (χ3n) is 2.20. The van der Waals surface area contributed by atoms with Gasteiger partial charge in [-0.15, -0.1) is 0 Å². The lowest BCUT2D eigenvalue weighted by atomic mass is 9.97. The van der Waals surface area contributed by atoms with Gasteiger partial charge in [-0.05, 0) is 6.92 Å². The van der Waals surface area contributed by atoms with E-state index < -0.39 is 42.8 Å². The molecule has 1 amide bonds. The number of aliphatic carboxylic acids is 1. The Morgan fingerprint density at radius 2 is 2.00 bits per heavy atom. The highest BCUT2D eigenvalue weighted by Crippen LogP contribution is 2.27. The predicted octanol–water partition coefficient (Wildman–Crippen LogP) is -0.344. The highest BCUT2D eigenvalue weighted by atomic mass is 19.3. The number of nitrogens with two attached hydrogens (primary N) is 1. The fraction of sp³-hybridized carbons (Fsp3) is 0.750. The number of carboxylic acid groups (broad SMARTS) is 1. The van der Waals surface area contributed by atoms with E-state index in [4.69, 9.17) is 10.8 Å². The Balaban J connectivity index is 2.48. The van der Waals surface area contributed by atoms with Crippen molar-refractivity contribution in [1.29, 1.82) is 0 Å². The molecule has 0 aromatic rings. The molecule has 86 valence electrons. The Bertz CT molecular complexity index is 296. The van der Waals surface area contributed by atoms with Crippen LogP contribution in [0.3, 0.4) is 0 Å². The molecule has 1 rings (SSSR count). The van der Waals surface area contributed by atoms with Crippen LogP contribution in [-0.2, 0) is 9.59 Å². The van der Waals surface area contributed by atoms with Crippen LogP contribution in [0.1, 0.15) is 13.3 Å². The first-order valence-electron chi connectivity index (χ1n) is 4.32. The van der Waals surface area contributed by atoms with E-state index in [1.54, 1.807) is 0 Å². The highest BCUT2D eigenvalue weighted by molar-refractivity contribution is 5.87. The second kappa shape index (κ2) is 3.41. The summed E-state index contributed by atoms with van der Waals surface area (Å²) in [6.45, 7) is -0.131. The molecule has 15 heavy (non-hydrogen) atoms. The molecule has 0 saturated carbocycles. The molecule has 1 fully saturated rings. The third kappa shape index (κ3) is 2.62. The van der Waals surface area contributed by atoms with E-state index in [1.165, 1.54) is 6.92 Å². The predicted molar refractivity (Wildman–Crippen MR) is 46.4 cm³/mol. The van der Waals surface area contributed by atoms with Gasteiger partial charge in [-0.1, -0.05) is 0 Å². The highest BCUT2D eigenvalue weighted by Gasteiger charge is 2.47. The summed E-state index contributed by atoms with van der Waals surface area (Å²) < 4.78 is 24.8. The van der Waals surface area contributed by atoms with E-state index in [0.29, 0.717) is 0 Å². The minimum absolute atomic E-state index is 0.474. The number of halogens is 2. The van der Waals surface area contributed by atoms with Crippen molar-refractivity contribution in [1.82, 2.24) is 4.90 Å². The van der Waals surface area contributed by atoms with Gasteiger partial charge in [0.05, 0.1) is 19.5 Å². The van der Waals surface area contributed by atoms with Crippen molar-refractivity contribution in [2.24, 2.45) is 5.73 Å². The smallest absolute Gasteiger partial charge is 0.323 e. The molecular weight excluding hydrogens is 210 g/mol. The summed E-state index contributed by atoms with van der Waals surface area (Å²) in [5, 5.41) is 8.62. The molecule has 1 aliphatic rings. The maximum absolute atomic E-state index is 12.4. The largest absolute Gasteiger partial charge is 0.480 e. The van der Waals surface area contributed by atoms with Crippen molar-refractivity contribution >= 4 is 11.9 Å². The number of amides is 1. The van der Waals surface area contributed by atoms with Crippen LogP contribution >= 0.6 is 0 Å². The number of hydrogen-bond donors (Lipinski definition) is 2. The monoisotopic (exact) mass is 222 g/mol. The van der Waals surface area contributed by atoms with Crippen LogP contribution in [0, 0.1) is 0 Å². The lowest BCUT2D eigenvalue weighted by molar-refractivity contribution is -0.168. The molecule has 7 heteroatoms. The Morgan fingerprint density at radius 3 is 2.33 bits per heavy atom. The average Bonchev–Trinajstić information content (AvgIpc) is 1.98. The first kappa shape index (κ1) is 11.8. The zero-order chi connectivity index (χ0) is 11.9. The van der Waals surface area contributed by atoms with E-state index in [1.807, 2.05) is 0 Å². The number of hydrogen-bond acceptors (Lipinski definition) is 3. The topological polar surface area (TPSA) is 83.6 Å². The summed E-state index contributed by atoms with van der Waals surface area (Å²) in [6, 6.07) is 0. The number of rotatable bonds is 3. The van der Waals surface area contributed by atoms with Crippen LogP contribution in [0.15, 0.2) is 0 Å². The van der Waals surface area contributed by atoms with Gasteiger partial charge in [0.15, 0.2) is 0 Å². The van der Waals surface area contributed by atoms with Crippen molar-refractivity contribution in [3.8, 4) is 0 Å². The zero-order valence-electron chi connectivity index (χ0n) is 8.17. The van der Waals surface area contributed by atoms with Gasteiger partial charge in [-0.2, -0.15) is 0 Å². The molecule has 1 aliphatic heterocycles. The summed E-state index contributed by atoms with van der Waals surface area (Å²) in [6.07, 6.45) is -0.474. The van der Waals surface area contributed by atoms with Crippen molar-refractivity contribution in [3.63, 3.8) is 0 Å². The molecule has 5 nitrogen and oxygen atoms in total. The molecule has 0 bridgehead atoms. The van der Waals surface area contributed by atoms with E-state index in [9.17, 15) is 18.4 Å². The first-order valence-corrected chi connectivity index (χ1v) is 4.32. The van der Waals surface area contributed by atoms with Gasteiger partial charge in [0.1, 0.15) is 5.54 Å². The lowest BCUT2D eigenvalue weighted by Gasteiger charge is -2.39. The van der Waals surface area contributed by atoms with Gasteiger partial charge in [0.2, 0.25) is 5.91 Å². The summed E-state index contributed by atoms with van der Waals surface area (Å²) in [7, 11) is 0. The summed E-state index contributed by atoms with van der Waals surface area (Å²) in [4.78, 5) is 22.7. The summed E-state index contributed by atoms with van der Waals surface area (Å²) >= 11 is 0. The van der Waals surface area contributed by atoms with Crippen molar-refractivity contribution in [3.05, 3.63) is 0 Å². The van der Waals surface area contributed by atoms with Gasteiger partial charge in [-0.25, -0.2) is 8.78 Å². The standard InChI is InChI=1S/C8H12F2N2O3/c1-7(11,6(14)15)2-5(13)12-3-8(9,10)4-12/h2-4,11H2,1H3,(H,14,15). The maximum Gasteiger partial charge on any atom is 0.323 e. The second-order valence-electron chi connectivity index (χ2n) is 4.01. The Kier molecular flexibility index (Phi) is 2.69. The summed E-state index contributed by atoms with van der Waals surface area (Å²) in [5.41, 5.74) is 3.60. The number of carboxylic acids is 1. The normalized spacial score (nSPS) is 22.8. The summed E-state index contributed by atoms with van der Waals surface area (Å²) in [5.74, 6) is -4.83. The van der Waals surface area contributed by atoms with Crippen LogP contribution in [0.5, 0.6) is 0 Å². The Labute approximate surface area is 84.8 Å². The van der Waals surface area contributed by atoms with Crippen LogP contribution in [-0.4, -0.2) is 46.4 Å². The Morgan fingerprint density at radius 1 is 1.53 bits per heavy atom. The Hall–Kier alpha value is -1.24. The maximum atomic E-state index is 12.4. The van der Waals surface area contributed by atoms with Crippen LogP contribution in [0.25, 0.3) is 0 Å². The number of nitrogens with zero attached hydrogens (tertiary/aromatic N) is 1. The number of alkyl halides is 2. The average molecular weight is 222 g/mol. The van der Waals surface area contributed by atoms with Gasteiger partial charge in [0, 0.05) is 0 Å². The van der Waals surface area contributed by atoms with E-state index in [-0.39, 0.29) is 0 Å². The van der Waals surface area contributed by atoms with E-state index >= 15 is 0 Å². The minimum Gasteiger partial charge on any atom is -0.480 e. The second-order valence-corrected chi connectivity index (χ2v) is 4.01. The molecule has 1 atom stereocenters. The molecule has 0 aromatic heterocycles. The fourth-order valence-corrected chi connectivity index (χ4v) is 1.19. The van der Waals surface area contributed by atoms with E-state index in [2.05, 4.69) is 0 Å². The molecule has 1 unspecified atom stereocenters. The quantitative estimate of drug-likeness (QED) is 0.684. The fourth-order valence-electron chi connectivity index (χ4n) is 1.19. The molecule has 1 saturated heterocycles. The first-order chi connectivity index (χ1) is 6.64. The van der Waals surface area contributed by atoms with Gasteiger partial charge in [0.25, 0.3) is 5.92 Å². The SMILES string of the molecule is CC(N)(CC(=O)N1CC(F)(F)C1)C(=O)O. The minimum atomic E-state index is -2.84. The molecule has 1 heterocycles. The molecule has 0 spiro atoms. The number of carbonyl (C=O) groups is 2. The van der Waals surface area contributed by atoms with Gasteiger partial charge in [-0.3, -0.25) is 9.59 Å².